The molecule has 0 aliphatic rings. The van der Waals surface area contributed by atoms with Crippen LogP contribution >= 0.6 is 0 Å². The summed E-state index contributed by atoms with van der Waals surface area (Å²) in [5, 5.41) is 0. The summed E-state index contributed by atoms with van der Waals surface area (Å²) in [5.74, 6) is -0.896. The zero-order valence-electron chi connectivity index (χ0n) is 6.99. The first kappa shape index (κ1) is 9.41. The number of carbonyl (C=O) groups is 2. The van der Waals surface area contributed by atoms with Crippen molar-refractivity contribution in [3.05, 3.63) is 35.4 Å². The van der Waals surface area contributed by atoms with Crippen LogP contribution in [0.3, 0.4) is 0 Å². The third-order valence-corrected chi connectivity index (χ3v) is 1.68. The van der Waals surface area contributed by atoms with Crippen molar-refractivity contribution < 1.29 is 9.59 Å². The van der Waals surface area contributed by atoms with E-state index in [-0.39, 0.29) is 23.5 Å². The third kappa shape index (κ3) is 1.91. The second kappa shape index (κ2) is 3.82. The van der Waals surface area contributed by atoms with Gasteiger partial charge in [0.15, 0.2) is 5.78 Å². The predicted molar refractivity (Wildman–Crippen MR) is 48.3 cm³/mol. The van der Waals surface area contributed by atoms with Gasteiger partial charge < -0.3 is 11.5 Å². The molecule has 0 aliphatic heterocycles. The molecular weight excluding hydrogens is 168 g/mol. The molecule has 1 aromatic carbocycles. The molecule has 4 N–H and O–H groups in total. The van der Waals surface area contributed by atoms with Crippen LogP contribution in [0.25, 0.3) is 0 Å². The lowest BCUT2D eigenvalue weighted by molar-refractivity contribution is 0.0968. The van der Waals surface area contributed by atoms with Crippen molar-refractivity contribution in [2.75, 3.05) is 6.54 Å². The first-order chi connectivity index (χ1) is 6.16. The van der Waals surface area contributed by atoms with Crippen LogP contribution in [-0.4, -0.2) is 18.2 Å². The Morgan fingerprint density at radius 3 is 2.15 bits per heavy atom. The predicted octanol–water partition coefficient (Wildman–Crippen LogP) is -0.0731. The van der Waals surface area contributed by atoms with Crippen LogP contribution in [0.4, 0.5) is 0 Å². The number of primary amides is 1. The van der Waals surface area contributed by atoms with E-state index in [1.165, 1.54) is 12.1 Å². The van der Waals surface area contributed by atoms with Gasteiger partial charge in [0.05, 0.1) is 6.54 Å². The fourth-order valence-electron chi connectivity index (χ4n) is 1.05. The van der Waals surface area contributed by atoms with Crippen LogP contribution in [0.15, 0.2) is 24.3 Å². The Bertz CT molecular complexity index is 347. The van der Waals surface area contributed by atoms with Gasteiger partial charge in [0.2, 0.25) is 5.91 Å². The van der Waals surface area contributed by atoms with E-state index < -0.39 is 5.91 Å². The van der Waals surface area contributed by atoms with E-state index in [1.807, 2.05) is 0 Å². The summed E-state index contributed by atoms with van der Waals surface area (Å²) in [7, 11) is 0. The zero-order chi connectivity index (χ0) is 9.84. The van der Waals surface area contributed by atoms with E-state index in [2.05, 4.69) is 0 Å². The third-order valence-electron chi connectivity index (χ3n) is 1.68. The minimum Gasteiger partial charge on any atom is -0.366 e. The normalized spacial score (nSPS) is 9.62. The molecule has 1 rings (SSSR count). The Kier molecular flexibility index (Phi) is 2.76. The van der Waals surface area contributed by atoms with Crippen molar-refractivity contribution in [1.29, 1.82) is 0 Å². The fraction of sp³-hybridized carbons (Fsp3) is 0.111. The van der Waals surface area contributed by atoms with E-state index in [9.17, 15) is 9.59 Å². The number of Topliss-reactive ketones (excluding diaryl/α,β-unsaturated/α-hetero) is 1. The molecule has 4 nitrogen and oxygen atoms in total. The second-order valence-corrected chi connectivity index (χ2v) is 2.54. The Morgan fingerprint density at radius 1 is 1.15 bits per heavy atom. The van der Waals surface area contributed by atoms with Gasteiger partial charge in [0, 0.05) is 11.1 Å². The molecule has 0 atom stereocenters. The number of ketones is 1. The monoisotopic (exact) mass is 178 g/mol. The Labute approximate surface area is 75.5 Å². The number of rotatable bonds is 3. The highest BCUT2D eigenvalue weighted by Crippen LogP contribution is 2.07. The topological polar surface area (TPSA) is 86.2 Å². The van der Waals surface area contributed by atoms with Crippen molar-refractivity contribution in [2.24, 2.45) is 11.5 Å². The summed E-state index contributed by atoms with van der Waals surface area (Å²) in [6.45, 7) is -0.121. The molecule has 0 spiro atoms. The van der Waals surface area contributed by atoms with Gasteiger partial charge in [-0.05, 0) is 6.07 Å². The van der Waals surface area contributed by atoms with Crippen LogP contribution < -0.4 is 11.5 Å². The Morgan fingerprint density at radius 2 is 1.69 bits per heavy atom. The molecule has 0 aromatic heterocycles. The van der Waals surface area contributed by atoms with Crippen molar-refractivity contribution >= 4 is 11.7 Å². The molecule has 0 saturated carbocycles. The van der Waals surface area contributed by atoms with Gasteiger partial charge in [-0.1, -0.05) is 18.2 Å². The molecule has 0 radical (unpaired) electrons. The Hall–Kier alpha value is -1.68. The Balaban J connectivity index is 3.19. The summed E-state index contributed by atoms with van der Waals surface area (Å²) >= 11 is 0. The number of hydrogen-bond acceptors (Lipinski definition) is 3. The maximum absolute atomic E-state index is 11.2. The maximum Gasteiger partial charge on any atom is 0.249 e. The van der Waals surface area contributed by atoms with Crippen LogP contribution in [-0.2, 0) is 0 Å². The van der Waals surface area contributed by atoms with Crippen LogP contribution in [0, 0.1) is 0 Å². The highest BCUT2D eigenvalue weighted by Gasteiger charge is 2.12. The van der Waals surface area contributed by atoms with E-state index >= 15 is 0 Å². The molecule has 13 heavy (non-hydrogen) atoms. The summed E-state index contributed by atoms with van der Waals surface area (Å²) in [4.78, 5) is 22.1. The summed E-state index contributed by atoms with van der Waals surface area (Å²) in [6.07, 6.45) is 0. The van der Waals surface area contributed by atoms with Gasteiger partial charge in [-0.25, -0.2) is 0 Å². The lowest BCUT2D eigenvalue weighted by Crippen LogP contribution is -2.20. The van der Waals surface area contributed by atoms with Crippen molar-refractivity contribution in [3.63, 3.8) is 0 Å². The average Bonchev–Trinajstić information content (AvgIpc) is 2.16. The van der Waals surface area contributed by atoms with Crippen molar-refractivity contribution in [3.8, 4) is 0 Å². The molecule has 1 aromatic rings. The largest absolute Gasteiger partial charge is 0.366 e. The molecule has 0 heterocycles. The number of benzene rings is 1. The number of amides is 1. The smallest absolute Gasteiger partial charge is 0.249 e. The number of carbonyl (C=O) groups excluding carboxylic acids is 2. The summed E-state index contributed by atoms with van der Waals surface area (Å²) in [6, 6.07) is 6.35. The fourth-order valence-corrected chi connectivity index (χ4v) is 1.05. The van der Waals surface area contributed by atoms with Crippen molar-refractivity contribution in [2.45, 2.75) is 0 Å². The van der Waals surface area contributed by atoms with Gasteiger partial charge in [0.1, 0.15) is 0 Å². The van der Waals surface area contributed by atoms with Gasteiger partial charge >= 0.3 is 0 Å². The SMILES string of the molecule is NCC(=O)c1ccccc1C(N)=O. The lowest BCUT2D eigenvalue weighted by atomic mass is 10.0. The first-order valence-corrected chi connectivity index (χ1v) is 3.79. The molecule has 0 aliphatic carbocycles. The molecule has 0 unspecified atom stereocenters. The minimum absolute atomic E-state index is 0.121. The molecule has 0 fully saturated rings. The number of nitrogens with two attached hydrogens (primary N) is 2. The van der Waals surface area contributed by atoms with Crippen molar-refractivity contribution in [1.82, 2.24) is 0 Å². The van der Waals surface area contributed by atoms with Gasteiger partial charge in [-0.2, -0.15) is 0 Å². The summed E-state index contributed by atoms with van der Waals surface area (Å²) in [5.41, 5.74) is 10.8. The van der Waals surface area contributed by atoms with Gasteiger partial charge in [0.25, 0.3) is 0 Å². The minimum atomic E-state index is -0.614. The van der Waals surface area contributed by atoms with E-state index in [0.29, 0.717) is 0 Å². The average molecular weight is 178 g/mol. The molecule has 1 amide bonds. The van der Waals surface area contributed by atoms with E-state index in [4.69, 9.17) is 11.5 Å². The quantitative estimate of drug-likeness (QED) is 0.635. The van der Waals surface area contributed by atoms with Gasteiger partial charge in [-0.15, -0.1) is 0 Å². The first-order valence-electron chi connectivity index (χ1n) is 3.79. The van der Waals surface area contributed by atoms with Crippen LogP contribution in [0.1, 0.15) is 20.7 Å². The van der Waals surface area contributed by atoms with E-state index in [1.54, 1.807) is 12.1 Å². The molecule has 68 valence electrons. The highest BCUT2D eigenvalue weighted by atomic mass is 16.1. The van der Waals surface area contributed by atoms with E-state index in [0.717, 1.165) is 0 Å². The van der Waals surface area contributed by atoms with Crippen LogP contribution in [0.2, 0.25) is 0 Å². The lowest BCUT2D eigenvalue weighted by Gasteiger charge is -2.02. The summed E-state index contributed by atoms with van der Waals surface area (Å²) < 4.78 is 0. The molecule has 0 saturated heterocycles. The molecule has 4 heteroatoms. The van der Waals surface area contributed by atoms with Crippen LogP contribution in [0.5, 0.6) is 0 Å². The molecule has 0 bridgehead atoms. The second-order valence-electron chi connectivity index (χ2n) is 2.54. The zero-order valence-corrected chi connectivity index (χ0v) is 6.99. The standard InChI is InChI=1S/C9H10N2O2/c10-5-8(12)6-3-1-2-4-7(6)9(11)13/h1-4H,5,10H2,(H2,11,13). The maximum atomic E-state index is 11.2. The molecular formula is C9H10N2O2. The number of hydrogen-bond donors (Lipinski definition) is 2. The van der Waals surface area contributed by atoms with Gasteiger partial charge in [-0.3, -0.25) is 9.59 Å². The highest BCUT2D eigenvalue weighted by molar-refractivity contribution is 6.08.